The standard InChI is InChI=1S/C8H7ClFNO3/c9-6-2-1-5(8(12)4-10)3-7(6)11(13)14/h1-3,8,12H,4H2. The summed E-state index contributed by atoms with van der Waals surface area (Å²) in [5.74, 6) is 0. The zero-order chi connectivity index (χ0) is 10.7. The van der Waals surface area contributed by atoms with E-state index in [2.05, 4.69) is 0 Å². The first-order valence-corrected chi connectivity index (χ1v) is 4.12. The third kappa shape index (κ3) is 2.18. The van der Waals surface area contributed by atoms with Crippen LogP contribution in [0.3, 0.4) is 0 Å². The van der Waals surface area contributed by atoms with Gasteiger partial charge in [0.15, 0.2) is 0 Å². The van der Waals surface area contributed by atoms with Crippen molar-refractivity contribution >= 4 is 17.3 Å². The van der Waals surface area contributed by atoms with Gasteiger partial charge in [0.2, 0.25) is 0 Å². The number of aliphatic hydroxyl groups excluding tert-OH is 1. The molecule has 0 bridgehead atoms. The zero-order valence-corrected chi connectivity index (χ0v) is 7.74. The van der Waals surface area contributed by atoms with E-state index in [1.54, 1.807) is 0 Å². The highest BCUT2D eigenvalue weighted by Crippen LogP contribution is 2.27. The Morgan fingerprint density at radius 3 is 2.79 bits per heavy atom. The fraction of sp³-hybridized carbons (Fsp3) is 0.250. The number of nitro benzene ring substituents is 1. The molecule has 0 amide bonds. The minimum atomic E-state index is -1.34. The predicted molar refractivity (Wildman–Crippen MR) is 49.0 cm³/mol. The molecule has 0 radical (unpaired) electrons. The van der Waals surface area contributed by atoms with E-state index < -0.39 is 17.7 Å². The quantitative estimate of drug-likeness (QED) is 0.626. The van der Waals surface area contributed by atoms with E-state index in [-0.39, 0.29) is 16.3 Å². The first-order chi connectivity index (χ1) is 6.56. The van der Waals surface area contributed by atoms with Gasteiger partial charge < -0.3 is 5.11 Å². The van der Waals surface area contributed by atoms with Crippen molar-refractivity contribution in [3.63, 3.8) is 0 Å². The maximum Gasteiger partial charge on any atom is 0.288 e. The summed E-state index contributed by atoms with van der Waals surface area (Å²) in [6.45, 7) is -0.987. The fourth-order valence-electron chi connectivity index (χ4n) is 0.966. The Morgan fingerprint density at radius 1 is 1.64 bits per heavy atom. The third-order valence-corrected chi connectivity index (χ3v) is 2.02. The molecule has 6 heteroatoms. The molecule has 0 aliphatic carbocycles. The monoisotopic (exact) mass is 219 g/mol. The number of hydrogen-bond acceptors (Lipinski definition) is 3. The van der Waals surface area contributed by atoms with Gasteiger partial charge in [0, 0.05) is 6.07 Å². The van der Waals surface area contributed by atoms with Crippen molar-refractivity contribution in [2.45, 2.75) is 6.10 Å². The van der Waals surface area contributed by atoms with Gasteiger partial charge in [-0.3, -0.25) is 10.1 Å². The highest BCUT2D eigenvalue weighted by Gasteiger charge is 2.16. The summed E-state index contributed by atoms with van der Waals surface area (Å²) in [4.78, 5) is 9.75. The summed E-state index contributed by atoms with van der Waals surface area (Å²) in [6.07, 6.45) is -1.34. The lowest BCUT2D eigenvalue weighted by Crippen LogP contribution is -2.00. The zero-order valence-electron chi connectivity index (χ0n) is 6.98. The molecule has 76 valence electrons. The Balaban J connectivity index is 3.12. The number of alkyl halides is 1. The molecular formula is C8H7ClFNO3. The van der Waals surface area contributed by atoms with Crippen LogP contribution in [0.4, 0.5) is 10.1 Å². The number of benzene rings is 1. The molecule has 1 atom stereocenters. The van der Waals surface area contributed by atoms with Crippen molar-refractivity contribution in [3.8, 4) is 0 Å². The molecule has 1 aromatic carbocycles. The van der Waals surface area contributed by atoms with Crippen LogP contribution in [0.25, 0.3) is 0 Å². The van der Waals surface area contributed by atoms with Crippen molar-refractivity contribution in [3.05, 3.63) is 38.9 Å². The number of rotatable bonds is 3. The molecule has 0 fully saturated rings. The van der Waals surface area contributed by atoms with Gasteiger partial charge in [-0.2, -0.15) is 0 Å². The summed E-state index contributed by atoms with van der Waals surface area (Å²) in [6, 6.07) is 3.67. The van der Waals surface area contributed by atoms with Gasteiger partial charge in [0.1, 0.15) is 17.8 Å². The molecule has 0 heterocycles. The summed E-state index contributed by atoms with van der Waals surface area (Å²) in [5, 5.41) is 19.5. The Kier molecular flexibility index (Phi) is 3.38. The van der Waals surface area contributed by atoms with Crippen LogP contribution in [0.2, 0.25) is 5.02 Å². The first-order valence-electron chi connectivity index (χ1n) is 3.74. The van der Waals surface area contributed by atoms with Crippen molar-refractivity contribution in [2.24, 2.45) is 0 Å². The second kappa shape index (κ2) is 4.34. The minimum Gasteiger partial charge on any atom is -0.386 e. The molecule has 0 aliphatic rings. The third-order valence-electron chi connectivity index (χ3n) is 1.70. The molecule has 1 rings (SSSR count). The molecule has 14 heavy (non-hydrogen) atoms. The Labute approximate surface area is 84.1 Å². The Bertz CT molecular complexity index is 358. The van der Waals surface area contributed by atoms with Crippen molar-refractivity contribution in [1.82, 2.24) is 0 Å². The van der Waals surface area contributed by atoms with Gasteiger partial charge >= 0.3 is 0 Å². The summed E-state index contributed by atoms with van der Waals surface area (Å²) in [5.41, 5.74) is -0.194. The van der Waals surface area contributed by atoms with E-state index in [1.165, 1.54) is 12.1 Å². The summed E-state index contributed by atoms with van der Waals surface area (Å²) in [7, 11) is 0. The average molecular weight is 220 g/mol. The van der Waals surface area contributed by atoms with Gasteiger partial charge in [-0.15, -0.1) is 0 Å². The Morgan fingerprint density at radius 2 is 2.29 bits per heavy atom. The van der Waals surface area contributed by atoms with Crippen molar-refractivity contribution < 1.29 is 14.4 Å². The lowest BCUT2D eigenvalue weighted by molar-refractivity contribution is -0.384. The second-order valence-corrected chi connectivity index (χ2v) is 3.05. The van der Waals surface area contributed by atoms with E-state index in [9.17, 15) is 14.5 Å². The summed E-state index contributed by atoms with van der Waals surface area (Å²) < 4.78 is 12.1. The number of aliphatic hydroxyl groups is 1. The molecule has 0 aliphatic heterocycles. The lowest BCUT2D eigenvalue weighted by Gasteiger charge is -2.05. The normalized spacial score (nSPS) is 12.5. The van der Waals surface area contributed by atoms with Crippen molar-refractivity contribution in [2.75, 3.05) is 6.67 Å². The molecule has 4 nitrogen and oxygen atoms in total. The van der Waals surface area contributed by atoms with Gasteiger partial charge in [-0.25, -0.2) is 4.39 Å². The second-order valence-electron chi connectivity index (χ2n) is 2.64. The smallest absolute Gasteiger partial charge is 0.288 e. The van der Waals surface area contributed by atoms with E-state index in [0.29, 0.717) is 0 Å². The Hall–Kier alpha value is -1.20. The molecule has 1 aromatic rings. The maximum absolute atomic E-state index is 12.1. The van der Waals surface area contributed by atoms with Crippen LogP contribution in [-0.4, -0.2) is 16.7 Å². The van der Waals surface area contributed by atoms with Crippen LogP contribution in [0.5, 0.6) is 0 Å². The number of nitrogens with zero attached hydrogens (tertiary/aromatic N) is 1. The minimum absolute atomic E-state index is 0.0372. The summed E-state index contributed by atoms with van der Waals surface area (Å²) >= 11 is 5.52. The molecular weight excluding hydrogens is 213 g/mol. The van der Waals surface area contributed by atoms with E-state index >= 15 is 0 Å². The number of nitro groups is 1. The maximum atomic E-state index is 12.1. The van der Waals surface area contributed by atoms with Crippen LogP contribution in [0, 0.1) is 10.1 Å². The van der Waals surface area contributed by atoms with E-state index in [0.717, 1.165) is 6.07 Å². The fourth-order valence-corrected chi connectivity index (χ4v) is 1.15. The number of hydrogen-bond donors (Lipinski definition) is 1. The van der Waals surface area contributed by atoms with Gasteiger partial charge in [0.25, 0.3) is 5.69 Å². The highest BCUT2D eigenvalue weighted by molar-refractivity contribution is 6.32. The van der Waals surface area contributed by atoms with Crippen LogP contribution >= 0.6 is 11.6 Å². The largest absolute Gasteiger partial charge is 0.386 e. The molecule has 0 spiro atoms. The topological polar surface area (TPSA) is 63.4 Å². The molecule has 1 unspecified atom stereocenters. The van der Waals surface area contributed by atoms with Crippen LogP contribution in [-0.2, 0) is 0 Å². The number of halogens is 2. The van der Waals surface area contributed by atoms with Crippen LogP contribution in [0.15, 0.2) is 18.2 Å². The van der Waals surface area contributed by atoms with Crippen LogP contribution < -0.4 is 0 Å². The first kappa shape index (κ1) is 10.9. The van der Waals surface area contributed by atoms with E-state index in [1.807, 2.05) is 0 Å². The predicted octanol–water partition coefficient (Wildman–Crippen LogP) is 2.25. The van der Waals surface area contributed by atoms with Gasteiger partial charge in [0.05, 0.1) is 4.92 Å². The van der Waals surface area contributed by atoms with E-state index in [4.69, 9.17) is 16.7 Å². The van der Waals surface area contributed by atoms with Crippen molar-refractivity contribution in [1.29, 1.82) is 0 Å². The van der Waals surface area contributed by atoms with Gasteiger partial charge in [-0.1, -0.05) is 17.7 Å². The average Bonchev–Trinajstić information content (AvgIpc) is 2.17. The highest BCUT2D eigenvalue weighted by atomic mass is 35.5. The van der Waals surface area contributed by atoms with Gasteiger partial charge in [-0.05, 0) is 11.6 Å². The molecule has 0 aromatic heterocycles. The SMILES string of the molecule is O=[N+]([O-])c1cc(C(O)CF)ccc1Cl. The van der Waals surface area contributed by atoms with Crippen LogP contribution in [0.1, 0.15) is 11.7 Å². The molecule has 0 saturated carbocycles. The molecule has 0 saturated heterocycles. The lowest BCUT2D eigenvalue weighted by atomic mass is 10.1. The molecule has 1 N–H and O–H groups in total.